The molecule has 1 aromatic carbocycles. The molecule has 224 valence electrons. The smallest absolute Gasteiger partial charge is 0.414 e. The van der Waals surface area contributed by atoms with E-state index in [1.807, 2.05) is 42.6 Å². The minimum atomic E-state index is -2.05. The molecule has 0 bridgehead atoms. The van der Waals surface area contributed by atoms with Crippen molar-refractivity contribution in [1.82, 2.24) is 9.97 Å². The Labute approximate surface area is 252 Å². The van der Waals surface area contributed by atoms with Crippen molar-refractivity contribution < 1.29 is 23.5 Å². The maximum atomic E-state index is 12.9. The Morgan fingerprint density at radius 2 is 1.98 bits per heavy atom. The number of hydrogen-bond acceptors (Lipinski definition) is 8. The van der Waals surface area contributed by atoms with E-state index in [0.29, 0.717) is 24.6 Å². The van der Waals surface area contributed by atoms with Crippen molar-refractivity contribution in [3.8, 4) is 5.88 Å². The number of methoxy groups -OCH3 is 1. The van der Waals surface area contributed by atoms with Gasteiger partial charge in [0.05, 0.1) is 36.1 Å². The maximum Gasteiger partial charge on any atom is 0.414 e. The van der Waals surface area contributed by atoms with Crippen molar-refractivity contribution >= 4 is 54.5 Å². The molecule has 2 amide bonds. The Balaban J connectivity index is 1.28. The van der Waals surface area contributed by atoms with Gasteiger partial charge in [0, 0.05) is 29.0 Å². The minimum absolute atomic E-state index is 0.00319. The van der Waals surface area contributed by atoms with Gasteiger partial charge < -0.3 is 19.2 Å². The number of carbonyl (C=O) groups excluding carboxylic acids is 2. The average Bonchev–Trinajstić information content (AvgIpc) is 3.33. The molecule has 5 rings (SSSR count). The molecule has 2 aliphatic rings. The van der Waals surface area contributed by atoms with Gasteiger partial charge in [-0.05, 0) is 79.7 Å². The van der Waals surface area contributed by atoms with Crippen LogP contribution in [-0.2, 0) is 20.4 Å². The van der Waals surface area contributed by atoms with E-state index < -0.39 is 8.32 Å². The van der Waals surface area contributed by atoms with Crippen LogP contribution >= 0.6 is 11.8 Å². The van der Waals surface area contributed by atoms with Crippen molar-refractivity contribution in [2.75, 3.05) is 29.6 Å². The van der Waals surface area contributed by atoms with Crippen LogP contribution in [0.1, 0.15) is 45.6 Å². The molecule has 2 aliphatic heterocycles. The van der Waals surface area contributed by atoms with E-state index in [9.17, 15) is 9.59 Å². The molecule has 0 saturated carbocycles. The number of pyridine rings is 2. The highest BCUT2D eigenvalue weighted by Crippen LogP contribution is 2.39. The third-order valence-electron chi connectivity index (χ3n) is 8.45. The first-order valence-corrected chi connectivity index (χ1v) is 18.3. The Morgan fingerprint density at radius 1 is 1.17 bits per heavy atom. The first-order chi connectivity index (χ1) is 19.9. The lowest BCUT2D eigenvalue weighted by atomic mass is 10.0. The third-order valence-corrected chi connectivity index (χ3v) is 14.1. The number of benzene rings is 1. The summed E-state index contributed by atoms with van der Waals surface area (Å²) < 4.78 is 18.1. The molecular formula is C31H40N4O5SSi. The highest BCUT2D eigenvalue weighted by Gasteiger charge is 2.40. The highest BCUT2D eigenvalue weighted by molar-refractivity contribution is 8.00. The third kappa shape index (κ3) is 6.73. The predicted molar refractivity (Wildman–Crippen MR) is 169 cm³/mol. The Hall–Kier alpha value is -3.15. The van der Waals surface area contributed by atoms with E-state index in [0.717, 1.165) is 52.1 Å². The van der Waals surface area contributed by atoms with Crippen LogP contribution in [0.25, 0.3) is 11.0 Å². The van der Waals surface area contributed by atoms with Gasteiger partial charge in [-0.15, -0.1) is 11.8 Å². The van der Waals surface area contributed by atoms with Crippen LogP contribution in [-0.4, -0.2) is 61.9 Å². The van der Waals surface area contributed by atoms with E-state index in [1.54, 1.807) is 12.0 Å². The number of nitrogens with zero attached hydrogens (tertiary/aromatic N) is 3. The first-order valence-electron chi connectivity index (χ1n) is 14.4. The van der Waals surface area contributed by atoms with Gasteiger partial charge in [-0.25, -0.2) is 9.78 Å². The highest BCUT2D eigenvalue weighted by atomic mass is 32.2. The number of fused-ring (bicyclic) bond motifs is 2. The minimum Gasteiger partial charge on any atom is -0.481 e. The molecule has 1 N–H and O–H groups in total. The van der Waals surface area contributed by atoms with E-state index in [2.05, 4.69) is 49.1 Å². The van der Waals surface area contributed by atoms with Crippen LogP contribution in [0.4, 0.5) is 16.2 Å². The quantitative estimate of drug-likeness (QED) is 0.251. The summed E-state index contributed by atoms with van der Waals surface area (Å²) >= 11 is 1.50. The zero-order chi connectivity index (χ0) is 30.1. The monoisotopic (exact) mass is 608 g/mol. The summed E-state index contributed by atoms with van der Waals surface area (Å²) in [6.45, 7) is 11.8. The fourth-order valence-electron chi connectivity index (χ4n) is 5.04. The maximum absolute atomic E-state index is 12.9. The molecule has 11 heteroatoms. The lowest BCUT2D eigenvalue weighted by Crippen LogP contribution is -2.44. The van der Waals surface area contributed by atoms with Gasteiger partial charge in [0.2, 0.25) is 11.8 Å². The van der Waals surface area contributed by atoms with Crippen LogP contribution in [0.3, 0.4) is 0 Å². The molecule has 2 aromatic heterocycles. The standard InChI is InChI=1S/C31H40N4O5SSi/c1-31(2,3)42(5,6)40-22(9-7-20-15-16-32-24-12-14-28(38-4)34-29(20)24)10-11-23-18-35(30(37)39-23)21-8-13-26-25(17-21)33-27(36)19-41-26/h8,12-17,22-23H,7,9-11,18-19H2,1-6H3,(H,33,36). The molecular weight excluding hydrogens is 569 g/mol. The molecule has 2 unspecified atom stereocenters. The summed E-state index contributed by atoms with van der Waals surface area (Å²) in [5.74, 6) is 0.938. The van der Waals surface area contributed by atoms with Crippen molar-refractivity contribution in [1.29, 1.82) is 0 Å². The van der Waals surface area contributed by atoms with Crippen LogP contribution < -0.4 is 15.0 Å². The lowest BCUT2D eigenvalue weighted by molar-refractivity contribution is -0.113. The summed E-state index contributed by atoms with van der Waals surface area (Å²) in [6, 6.07) is 11.5. The van der Waals surface area contributed by atoms with Gasteiger partial charge in [0.1, 0.15) is 6.10 Å². The number of cyclic esters (lactones) is 1. The fourth-order valence-corrected chi connectivity index (χ4v) is 7.25. The largest absolute Gasteiger partial charge is 0.481 e. The van der Waals surface area contributed by atoms with Crippen molar-refractivity contribution in [2.24, 2.45) is 0 Å². The second kappa shape index (κ2) is 12.2. The number of thioether (sulfide) groups is 1. The second-order valence-electron chi connectivity index (χ2n) is 12.4. The Kier molecular flexibility index (Phi) is 8.82. The van der Waals surface area contributed by atoms with Gasteiger partial charge in [0.15, 0.2) is 8.32 Å². The Bertz CT molecular complexity index is 1480. The van der Waals surface area contributed by atoms with Gasteiger partial charge in [-0.2, -0.15) is 0 Å². The fraction of sp³-hybridized carbons (Fsp3) is 0.484. The number of rotatable bonds is 10. The SMILES string of the molecule is COc1ccc2nccc(CCC(CCC3CN(c4ccc5c(c4)NC(=O)CS5)C(=O)O3)O[Si](C)(C)C(C)(C)C)c2n1. The molecule has 9 nitrogen and oxygen atoms in total. The van der Waals surface area contributed by atoms with E-state index in [-0.39, 0.29) is 29.2 Å². The predicted octanol–water partition coefficient (Wildman–Crippen LogP) is 6.81. The molecule has 0 aliphatic carbocycles. The van der Waals surface area contributed by atoms with Crippen molar-refractivity contribution in [2.45, 2.75) is 81.7 Å². The number of anilines is 2. The number of aromatic nitrogens is 2. The number of amides is 2. The van der Waals surface area contributed by atoms with E-state index >= 15 is 0 Å². The molecule has 1 saturated heterocycles. The van der Waals surface area contributed by atoms with Crippen LogP contribution in [0.2, 0.25) is 18.1 Å². The summed E-state index contributed by atoms with van der Waals surface area (Å²) in [6.07, 6.45) is 4.30. The normalized spacial score (nSPS) is 18.0. The summed E-state index contributed by atoms with van der Waals surface area (Å²) in [7, 11) is -0.436. The number of ether oxygens (including phenoxy) is 2. The molecule has 42 heavy (non-hydrogen) atoms. The molecule has 1 fully saturated rings. The first kappa shape index (κ1) is 30.3. The lowest BCUT2D eigenvalue weighted by Gasteiger charge is -2.39. The molecule has 2 atom stereocenters. The molecule has 0 radical (unpaired) electrons. The van der Waals surface area contributed by atoms with E-state index in [4.69, 9.17) is 13.9 Å². The topological polar surface area (TPSA) is 103 Å². The van der Waals surface area contributed by atoms with Gasteiger partial charge in [0.25, 0.3) is 0 Å². The summed E-state index contributed by atoms with van der Waals surface area (Å²) in [5.41, 5.74) is 4.27. The Morgan fingerprint density at radius 3 is 2.74 bits per heavy atom. The average molecular weight is 609 g/mol. The van der Waals surface area contributed by atoms with Crippen LogP contribution in [0, 0.1) is 0 Å². The second-order valence-corrected chi connectivity index (χ2v) is 18.2. The number of carbonyl (C=O) groups is 2. The van der Waals surface area contributed by atoms with Gasteiger partial charge in [-0.3, -0.25) is 14.7 Å². The van der Waals surface area contributed by atoms with Gasteiger partial charge in [-0.1, -0.05) is 20.8 Å². The summed E-state index contributed by atoms with van der Waals surface area (Å²) in [5, 5.41) is 2.97. The molecule has 4 heterocycles. The van der Waals surface area contributed by atoms with E-state index in [1.165, 1.54) is 11.8 Å². The van der Waals surface area contributed by atoms with Crippen LogP contribution in [0.5, 0.6) is 5.88 Å². The zero-order valence-electron chi connectivity index (χ0n) is 25.2. The van der Waals surface area contributed by atoms with Crippen molar-refractivity contribution in [3.05, 3.63) is 48.2 Å². The molecule has 0 spiro atoms. The zero-order valence-corrected chi connectivity index (χ0v) is 27.0. The number of hydrogen-bond donors (Lipinski definition) is 1. The van der Waals surface area contributed by atoms with Crippen molar-refractivity contribution in [3.63, 3.8) is 0 Å². The van der Waals surface area contributed by atoms with Gasteiger partial charge >= 0.3 is 6.09 Å². The molecule has 3 aromatic rings. The number of aryl methyl sites for hydroxylation is 1. The summed E-state index contributed by atoms with van der Waals surface area (Å²) in [4.78, 5) is 36.5. The van der Waals surface area contributed by atoms with Crippen LogP contribution in [0.15, 0.2) is 47.5 Å². The number of nitrogens with one attached hydrogen (secondary N) is 1.